The van der Waals surface area contributed by atoms with Crippen LogP contribution >= 0.6 is 24.0 Å². The number of unbranched alkanes of at least 4 members (excludes halogenated alkanes) is 3. The van der Waals surface area contributed by atoms with Crippen LogP contribution < -0.4 is 9.47 Å². The molecule has 1 heterocycles. The Hall–Kier alpha value is -1.39. The number of aromatic nitrogens is 2. The van der Waals surface area contributed by atoms with Gasteiger partial charge in [0, 0.05) is 25.0 Å². The topological polar surface area (TPSA) is 36.3 Å². The third-order valence-corrected chi connectivity index (χ3v) is 3.56. The SMILES string of the molecule is COc1ccc(OCCCCCCn2ccnc2)c(Cl)c1.Cl. The Morgan fingerprint density at radius 3 is 2.68 bits per heavy atom. The van der Waals surface area contributed by atoms with Crippen LogP contribution in [0.1, 0.15) is 25.7 Å². The van der Waals surface area contributed by atoms with E-state index in [-0.39, 0.29) is 12.4 Å². The number of imidazole rings is 1. The predicted molar refractivity (Wildman–Crippen MR) is 91.4 cm³/mol. The van der Waals surface area contributed by atoms with E-state index in [9.17, 15) is 0 Å². The van der Waals surface area contributed by atoms with Crippen molar-refractivity contribution in [3.63, 3.8) is 0 Å². The van der Waals surface area contributed by atoms with E-state index in [0.29, 0.717) is 11.6 Å². The maximum Gasteiger partial charge on any atom is 0.138 e. The van der Waals surface area contributed by atoms with Crippen molar-refractivity contribution in [3.8, 4) is 11.5 Å². The monoisotopic (exact) mass is 344 g/mol. The molecule has 0 radical (unpaired) electrons. The molecule has 1 aromatic carbocycles. The fraction of sp³-hybridized carbons (Fsp3) is 0.438. The Kier molecular flexibility index (Phi) is 8.78. The molecule has 2 rings (SSSR count). The summed E-state index contributed by atoms with van der Waals surface area (Å²) >= 11 is 6.11. The molecule has 122 valence electrons. The van der Waals surface area contributed by atoms with Gasteiger partial charge >= 0.3 is 0 Å². The van der Waals surface area contributed by atoms with Crippen molar-refractivity contribution >= 4 is 24.0 Å². The average Bonchev–Trinajstić information content (AvgIpc) is 3.01. The highest BCUT2D eigenvalue weighted by Gasteiger charge is 2.03. The fourth-order valence-electron chi connectivity index (χ4n) is 2.08. The number of halogens is 2. The highest BCUT2D eigenvalue weighted by Crippen LogP contribution is 2.28. The molecule has 4 nitrogen and oxygen atoms in total. The average molecular weight is 345 g/mol. The molecule has 0 unspecified atom stereocenters. The minimum absolute atomic E-state index is 0. The predicted octanol–water partition coefficient (Wildman–Crippen LogP) is 4.61. The Bertz CT molecular complexity index is 533. The molecule has 0 fully saturated rings. The summed E-state index contributed by atoms with van der Waals surface area (Å²) in [6.45, 7) is 1.72. The third kappa shape index (κ3) is 6.16. The number of hydrogen-bond acceptors (Lipinski definition) is 3. The second-order valence-electron chi connectivity index (χ2n) is 4.86. The maximum atomic E-state index is 6.11. The highest BCUT2D eigenvalue weighted by atomic mass is 35.5. The van der Waals surface area contributed by atoms with Gasteiger partial charge in [0.2, 0.25) is 0 Å². The van der Waals surface area contributed by atoms with Gasteiger partial charge in [-0.25, -0.2) is 4.98 Å². The van der Waals surface area contributed by atoms with Gasteiger partial charge in [0.25, 0.3) is 0 Å². The second kappa shape index (κ2) is 10.4. The molecule has 0 aliphatic carbocycles. The molecule has 22 heavy (non-hydrogen) atoms. The van der Waals surface area contributed by atoms with E-state index >= 15 is 0 Å². The lowest BCUT2D eigenvalue weighted by atomic mass is 10.2. The molecule has 1 aromatic heterocycles. The quantitative estimate of drug-likeness (QED) is 0.623. The summed E-state index contributed by atoms with van der Waals surface area (Å²) in [6, 6.07) is 5.47. The van der Waals surface area contributed by atoms with Crippen LogP contribution in [0.2, 0.25) is 5.02 Å². The number of hydrogen-bond donors (Lipinski definition) is 0. The first-order valence-corrected chi connectivity index (χ1v) is 7.59. The Morgan fingerprint density at radius 2 is 2.00 bits per heavy atom. The first kappa shape index (κ1) is 18.7. The minimum Gasteiger partial charge on any atom is -0.497 e. The molecule has 0 spiro atoms. The third-order valence-electron chi connectivity index (χ3n) is 3.27. The van der Waals surface area contributed by atoms with Gasteiger partial charge in [-0.2, -0.15) is 0 Å². The number of methoxy groups -OCH3 is 1. The van der Waals surface area contributed by atoms with Gasteiger partial charge < -0.3 is 14.0 Å². The zero-order valence-corrected chi connectivity index (χ0v) is 14.3. The molecule has 0 amide bonds. The van der Waals surface area contributed by atoms with Gasteiger partial charge in [0.1, 0.15) is 11.5 Å². The maximum absolute atomic E-state index is 6.11. The zero-order valence-electron chi connectivity index (χ0n) is 12.7. The van der Waals surface area contributed by atoms with E-state index in [1.165, 1.54) is 12.8 Å². The number of benzene rings is 1. The van der Waals surface area contributed by atoms with Crippen LogP contribution in [0.25, 0.3) is 0 Å². The van der Waals surface area contributed by atoms with Crippen LogP contribution in [0.15, 0.2) is 36.9 Å². The molecule has 0 bridgehead atoms. The van der Waals surface area contributed by atoms with Crippen LogP contribution in [0, 0.1) is 0 Å². The van der Waals surface area contributed by atoms with E-state index in [2.05, 4.69) is 9.55 Å². The summed E-state index contributed by atoms with van der Waals surface area (Å²) in [4.78, 5) is 4.03. The number of rotatable bonds is 9. The van der Waals surface area contributed by atoms with Crippen LogP contribution in [0.5, 0.6) is 11.5 Å². The van der Waals surface area contributed by atoms with E-state index in [1.807, 2.05) is 30.9 Å². The summed E-state index contributed by atoms with van der Waals surface area (Å²) in [5, 5.41) is 0.592. The van der Waals surface area contributed by atoms with Gasteiger partial charge in [-0.05, 0) is 25.0 Å². The van der Waals surface area contributed by atoms with Gasteiger partial charge in [0.15, 0.2) is 0 Å². The lowest BCUT2D eigenvalue weighted by Crippen LogP contribution is -1.99. The van der Waals surface area contributed by atoms with Crippen molar-refractivity contribution in [1.29, 1.82) is 0 Å². The Labute approximate surface area is 142 Å². The van der Waals surface area contributed by atoms with E-state index in [0.717, 1.165) is 30.9 Å². The van der Waals surface area contributed by atoms with Crippen molar-refractivity contribution in [1.82, 2.24) is 9.55 Å². The number of ether oxygens (including phenoxy) is 2. The fourth-order valence-corrected chi connectivity index (χ4v) is 2.30. The van der Waals surface area contributed by atoms with Crippen molar-refractivity contribution in [2.75, 3.05) is 13.7 Å². The van der Waals surface area contributed by atoms with E-state index in [4.69, 9.17) is 21.1 Å². The first-order valence-electron chi connectivity index (χ1n) is 7.21. The minimum atomic E-state index is 0. The normalized spacial score (nSPS) is 10.1. The molecule has 2 aromatic rings. The van der Waals surface area contributed by atoms with Crippen molar-refractivity contribution in [2.24, 2.45) is 0 Å². The van der Waals surface area contributed by atoms with E-state index in [1.54, 1.807) is 13.2 Å². The number of aryl methyl sites for hydroxylation is 1. The molecule has 6 heteroatoms. The lowest BCUT2D eigenvalue weighted by Gasteiger charge is -2.09. The van der Waals surface area contributed by atoms with Crippen LogP contribution in [-0.2, 0) is 6.54 Å². The highest BCUT2D eigenvalue weighted by molar-refractivity contribution is 6.32. The van der Waals surface area contributed by atoms with Gasteiger partial charge in [0.05, 0.1) is 25.1 Å². The number of nitrogens with zero attached hydrogens (tertiary/aromatic N) is 2. The van der Waals surface area contributed by atoms with Crippen LogP contribution in [-0.4, -0.2) is 23.3 Å². The smallest absolute Gasteiger partial charge is 0.138 e. The largest absolute Gasteiger partial charge is 0.497 e. The zero-order chi connectivity index (χ0) is 14.9. The van der Waals surface area contributed by atoms with Crippen LogP contribution in [0.3, 0.4) is 0 Å². The molecule has 0 aliphatic heterocycles. The van der Waals surface area contributed by atoms with Crippen LogP contribution in [0.4, 0.5) is 0 Å². The lowest BCUT2D eigenvalue weighted by molar-refractivity contribution is 0.303. The van der Waals surface area contributed by atoms with Crippen molar-refractivity contribution in [2.45, 2.75) is 32.2 Å². The second-order valence-corrected chi connectivity index (χ2v) is 5.27. The molecule has 0 atom stereocenters. The molecule has 0 aliphatic rings. The summed E-state index contributed by atoms with van der Waals surface area (Å²) in [5.41, 5.74) is 0. The summed E-state index contributed by atoms with van der Waals surface area (Å²) in [7, 11) is 1.62. The summed E-state index contributed by atoms with van der Waals surface area (Å²) in [6.07, 6.45) is 10.2. The molecular formula is C16H22Cl2N2O2. The standard InChI is InChI=1S/C16H21ClN2O2.ClH/c1-20-14-6-7-16(15(17)12-14)21-11-5-3-2-4-9-19-10-8-18-13-19;/h6-8,10,12-13H,2-5,9,11H2,1H3;1H. The Morgan fingerprint density at radius 1 is 1.18 bits per heavy atom. The van der Waals surface area contributed by atoms with Gasteiger partial charge in [-0.1, -0.05) is 24.4 Å². The Balaban J connectivity index is 0.00000242. The van der Waals surface area contributed by atoms with Gasteiger partial charge in [-0.3, -0.25) is 0 Å². The molecule has 0 saturated heterocycles. The van der Waals surface area contributed by atoms with Crippen molar-refractivity contribution in [3.05, 3.63) is 41.9 Å². The molecular weight excluding hydrogens is 323 g/mol. The van der Waals surface area contributed by atoms with E-state index < -0.39 is 0 Å². The first-order chi connectivity index (χ1) is 10.3. The van der Waals surface area contributed by atoms with Crippen molar-refractivity contribution < 1.29 is 9.47 Å². The molecule has 0 N–H and O–H groups in total. The summed E-state index contributed by atoms with van der Waals surface area (Å²) in [5.74, 6) is 1.46. The van der Waals surface area contributed by atoms with Gasteiger partial charge in [-0.15, -0.1) is 12.4 Å². The summed E-state index contributed by atoms with van der Waals surface area (Å²) < 4.78 is 12.9. The molecule has 0 saturated carbocycles.